The summed E-state index contributed by atoms with van der Waals surface area (Å²) in [5, 5.41) is 0. The Morgan fingerprint density at radius 3 is 2.03 bits per heavy atom. The summed E-state index contributed by atoms with van der Waals surface area (Å²) in [7, 11) is 0. The van der Waals surface area contributed by atoms with Crippen molar-refractivity contribution in [1.82, 2.24) is 0 Å². The van der Waals surface area contributed by atoms with E-state index in [4.69, 9.17) is 9.47 Å². The summed E-state index contributed by atoms with van der Waals surface area (Å²) in [6.45, 7) is 9.67. The molecule has 0 bridgehead atoms. The van der Waals surface area contributed by atoms with E-state index in [1.807, 2.05) is 18.2 Å². The van der Waals surface area contributed by atoms with E-state index in [9.17, 15) is 4.79 Å². The SMILES string of the molecule is CCCCCCN(Cc1ccc(C#Cc2ccc(CCCC)cc2)cc1)c1ccc2c(c1)OC(C)(C)OC2=O. The van der Waals surface area contributed by atoms with Crippen LogP contribution in [0.15, 0.2) is 66.7 Å². The van der Waals surface area contributed by atoms with E-state index < -0.39 is 5.79 Å². The number of fused-ring (bicyclic) bond motifs is 1. The van der Waals surface area contributed by atoms with E-state index >= 15 is 0 Å². The molecule has 0 aromatic heterocycles. The second-order valence-electron chi connectivity index (χ2n) is 10.8. The van der Waals surface area contributed by atoms with E-state index in [0.29, 0.717) is 11.3 Å². The van der Waals surface area contributed by atoms with Crippen LogP contribution in [0.25, 0.3) is 0 Å². The van der Waals surface area contributed by atoms with Crippen molar-refractivity contribution >= 4 is 11.7 Å². The number of anilines is 1. The molecule has 0 saturated carbocycles. The Balaban J connectivity index is 1.47. The molecule has 0 saturated heterocycles. The topological polar surface area (TPSA) is 38.8 Å². The number of esters is 1. The van der Waals surface area contributed by atoms with Gasteiger partial charge in [-0.05, 0) is 66.8 Å². The van der Waals surface area contributed by atoms with Crippen molar-refractivity contribution in [3.63, 3.8) is 0 Å². The van der Waals surface area contributed by atoms with Gasteiger partial charge in [-0.3, -0.25) is 0 Å². The first kappa shape index (κ1) is 28.3. The summed E-state index contributed by atoms with van der Waals surface area (Å²) >= 11 is 0. The zero-order chi connectivity index (χ0) is 27.7. The molecule has 0 spiro atoms. The molecule has 0 unspecified atom stereocenters. The third kappa shape index (κ3) is 8.14. The molecule has 0 atom stereocenters. The molecule has 204 valence electrons. The van der Waals surface area contributed by atoms with E-state index in [1.165, 1.54) is 43.2 Å². The number of cyclic esters (lactones) is 1. The van der Waals surface area contributed by atoms with Crippen LogP contribution >= 0.6 is 0 Å². The van der Waals surface area contributed by atoms with Gasteiger partial charge in [0.1, 0.15) is 11.3 Å². The second-order valence-corrected chi connectivity index (χ2v) is 10.8. The van der Waals surface area contributed by atoms with Crippen molar-refractivity contribution in [2.45, 2.75) is 85.0 Å². The van der Waals surface area contributed by atoms with E-state index in [0.717, 1.165) is 42.7 Å². The first-order valence-electron chi connectivity index (χ1n) is 14.4. The van der Waals surface area contributed by atoms with E-state index in [1.54, 1.807) is 13.8 Å². The molecular weight excluding hydrogens is 482 g/mol. The fourth-order valence-corrected chi connectivity index (χ4v) is 4.75. The third-order valence-electron chi connectivity index (χ3n) is 6.98. The molecule has 3 aromatic carbocycles. The van der Waals surface area contributed by atoms with Gasteiger partial charge in [-0.15, -0.1) is 0 Å². The maximum Gasteiger partial charge on any atom is 0.345 e. The average Bonchev–Trinajstić information content (AvgIpc) is 2.92. The van der Waals surface area contributed by atoms with Gasteiger partial charge in [-0.25, -0.2) is 4.79 Å². The number of carbonyl (C=O) groups excluding carboxylic acids is 1. The molecule has 0 fully saturated rings. The molecular formula is C35H41NO3. The minimum Gasteiger partial charge on any atom is -0.452 e. The van der Waals surface area contributed by atoms with Crippen LogP contribution in [-0.4, -0.2) is 18.3 Å². The first-order chi connectivity index (χ1) is 18.9. The standard InChI is InChI=1S/C35H41NO3/c1-5-7-9-10-24-36(31-22-23-32-33(25-31)38-35(3,4)39-34(32)37)26-30-20-18-29(19-21-30)17-16-28-14-12-27(13-15-28)11-8-6-2/h12-15,18-23,25H,5-11,24,26H2,1-4H3. The highest BCUT2D eigenvalue weighted by Gasteiger charge is 2.34. The normalized spacial score (nSPS) is 13.5. The van der Waals surface area contributed by atoms with Crippen LogP contribution in [-0.2, 0) is 17.7 Å². The van der Waals surface area contributed by atoms with Crippen molar-refractivity contribution in [2.75, 3.05) is 11.4 Å². The van der Waals surface area contributed by atoms with Gasteiger partial charge < -0.3 is 14.4 Å². The number of aryl methyl sites for hydroxylation is 1. The lowest BCUT2D eigenvalue weighted by molar-refractivity contribution is -0.127. The highest BCUT2D eigenvalue weighted by Crippen LogP contribution is 2.35. The minimum absolute atomic E-state index is 0.341. The van der Waals surface area contributed by atoms with Gasteiger partial charge in [0.05, 0.1) is 0 Å². The van der Waals surface area contributed by atoms with Crippen LogP contribution < -0.4 is 9.64 Å². The highest BCUT2D eigenvalue weighted by molar-refractivity contribution is 5.94. The summed E-state index contributed by atoms with van der Waals surface area (Å²) in [6.07, 6.45) is 8.31. The van der Waals surface area contributed by atoms with Crippen molar-refractivity contribution < 1.29 is 14.3 Å². The van der Waals surface area contributed by atoms with E-state index in [-0.39, 0.29) is 5.97 Å². The van der Waals surface area contributed by atoms with Crippen molar-refractivity contribution in [3.05, 3.63) is 94.5 Å². The molecule has 4 heteroatoms. The molecule has 0 radical (unpaired) electrons. The Kier molecular flexibility index (Phi) is 9.71. The van der Waals surface area contributed by atoms with Gasteiger partial charge in [-0.1, -0.05) is 75.6 Å². The summed E-state index contributed by atoms with van der Waals surface area (Å²) in [6, 6.07) is 22.9. The Hall–Kier alpha value is -3.71. The van der Waals surface area contributed by atoms with Crippen molar-refractivity contribution in [3.8, 4) is 17.6 Å². The lowest BCUT2D eigenvalue weighted by Gasteiger charge is -2.33. The van der Waals surface area contributed by atoms with Crippen LogP contribution in [0.2, 0.25) is 0 Å². The first-order valence-corrected chi connectivity index (χ1v) is 14.4. The Bertz CT molecular complexity index is 1300. The lowest BCUT2D eigenvalue weighted by atomic mass is 10.1. The average molecular weight is 524 g/mol. The summed E-state index contributed by atoms with van der Waals surface area (Å²) in [5.74, 6) is 5.87. The number of rotatable bonds is 11. The molecule has 3 aromatic rings. The maximum absolute atomic E-state index is 12.4. The molecule has 1 aliphatic heterocycles. The monoisotopic (exact) mass is 523 g/mol. The van der Waals surface area contributed by atoms with Crippen LogP contribution in [0.5, 0.6) is 5.75 Å². The molecule has 4 rings (SSSR count). The maximum atomic E-state index is 12.4. The van der Waals surface area contributed by atoms with Gasteiger partial charge >= 0.3 is 5.97 Å². The lowest BCUT2D eigenvalue weighted by Crippen LogP contribution is -2.39. The van der Waals surface area contributed by atoms with Crippen LogP contribution in [0, 0.1) is 11.8 Å². The van der Waals surface area contributed by atoms with Gasteiger partial charge in [0.25, 0.3) is 0 Å². The van der Waals surface area contributed by atoms with Crippen LogP contribution in [0.4, 0.5) is 5.69 Å². The Morgan fingerprint density at radius 2 is 1.38 bits per heavy atom. The van der Waals surface area contributed by atoms with Gasteiger partial charge in [0.15, 0.2) is 0 Å². The molecule has 39 heavy (non-hydrogen) atoms. The van der Waals surface area contributed by atoms with Gasteiger partial charge in [0.2, 0.25) is 5.79 Å². The number of hydrogen-bond acceptors (Lipinski definition) is 4. The van der Waals surface area contributed by atoms with Crippen LogP contribution in [0.1, 0.15) is 98.8 Å². The number of unbranched alkanes of at least 4 members (excludes halogenated alkanes) is 4. The Labute approximate surface area is 234 Å². The molecule has 1 heterocycles. The largest absolute Gasteiger partial charge is 0.452 e. The van der Waals surface area contributed by atoms with Crippen molar-refractivity contribution in [2.24, 2.45) is 0 Å². The second kappa shape index (κ2) is 13.4. The third-order valence-corrected chi connectivity index (χ3v) is 6.98. The minimum atomic E-state index is -0.970. The van der Waals surface area contributed by atoms with Crippen molar-refractivity contribution in [1.29, 1.82) is 0 Å². The van der Waals surface area contributed by atoms with Gasteiger partial charge in [0, 0.05) is 49.8 Å². The molecule has 4 nitrogen and oxygen atoms in total. The Morgan fingerprint density at radius 1 is 0.744 bits per heavy atom. The summed E-state index contributed by atoms with van der Waals surface area (Å²) in [5.41, 5.74) is 6.16. The zero-order valence-corrected chi connectivity index (χ0v) is 23.9. The number of ether oxygens (including phenoxy) is 2. The number of nitrogens with zero attached hydrogens (tertiary/aromatic N) is 1. The zero-order valence-electron chi connectivity index (χ0n) is 23.9. The number of benzene rings is 3. The molecule has 0 aliphatic carbocycles. The molecule has 0 N–H and O–H groups in total. The molecule has 1 aliphatic rings. The highest BCUT2D eigenvalue weighted by atomic mass is 16.7. The fourth-order valence-electron chi connectivity index (χ4n) is 4.75. The fraction of sp³-hybridized carbons (Fsp3) is 0.400. The number of hydrogen-bond donors (Lipinski definition) is 0. The molecule has 0 amide bonds. The van der Waals surface area contributed by atoms with E-state index in [2.05, 4.69) is 79.1 Å². The summed E-state index contributed by atoms with van der Waals surface area (Å²) < 4.78 is 11.4. The quantitative estimate of drug-likeness (QED) is 0.144. The predicted octanol–water partition coefficient (Wildman–Crippen LogP) is 8.30. The van der Waals surface area contributed by atoms with Crippen LogP contribution in [0.3, 0.4) is 0 Å². The smallest absolute Gasteiger partial charge is 0.345 e. The number of carbonyl (C=O) groups is 1. The van der Waals surface area contributed by atoms with Gasteiger partial charge in [-0.2, -0.15) is 0 Å². The predicted molar refractivity (Wildman–Crippen MR) is 159 cm³/mol. The summed E-state index contributed by atoms with van der Waals surface area (Å²) in [4.78, 5) is 14.8.